The second kappa shape index (κ2) is 5.97. The highest BCUT2D eigenvalue weighted by Gasteiger charge is 2.18. The molecule has 1 aromatic rings. The summed E-state index contributed by atoms with van der Waals surface area (Å²) in [6, 6.07) is 0.291. The van der Waals surface area contributed by atoms with Crippen molar-refractivity contribution in [3.63, 3.8) is 0 Å². The summed E-state index contributed by atoms with van der Waals surface area (Å²) in [4.78, 5) is 17.9. The topological polar surface area (TPSA) is 84.4 Å². The Bertz CT molecular complexity index is 397. The Balaban J connectivity index is 1.69. The summed E-state index contributed by atoms with van der Waals surface area (Å²) in [7, 11) is 0. The van der Waals surface area contributed by atoms with E-state index in [2.05, 4.69) is 15.2 Å². The number of nitrogens with one attached hydrogen (secondary N) is 1. The van der Waals surface area contributed by atoms with Gasteiger partial charge in [0.15, 0.2) is 0 Å². The first-order chi connectivity index (χ1) is 8.63. The first kappa shape index (κ1) is 13.0. The van der Waals surface area contributed by atoms with E-state index in [1.807, 2.05) is 6.92 Å². The summed E-state index contributed by atoms with van der Waals surface area (Å²) in [6.45, 7) is 4.39. The van der Waals surface area contributed by atoms with Crippen LogP contribution in [0.25, 0.3) is 0 Å². The number of carbonyl (C=O) groups is 1. The maximum absolute atomic E-state index is 11.7. The highest BCUT2D eigenvalue weighted by Crippen LogP contribution is 2.07. The molecule has 18 heavy (non-hydrogen) atoms. The van der Waals surface area contributed by atoms with Gasteiger partial charge < -0.3 is 15.5 Å². The molecule has 3 N–H and O–H groups in total. The highest BCUT2D eigenvalue weighted by molar-refractivity contribution is 5.77. The van der Waals surface area contributed by atoms with E-state index in [9.17, 15) is 4.79 Å². The third-order valence-electron chi connectivity index (χ3n) is 3.11. The second-order valence-corrected chi connectivity index (χ2v) is 4.75. The molecule has 0 saturated carbocycles. The Morgan fingerprint density at radius 1 is 1.61 bits per heavy atom. The van der Waals surface area contributed by atoms with Crippen molar-refractivity contribution >= 4 is 5.91 Å². The Morgan fingerprint density at radius 2 is 2.33 bits per heavy atom. The lowest BCUT2D eigenvalue weighted by molar-refractivity contribution is -0.122. The van der Waals surface area contributed by atoms with E-state index in [1.54, 1.807) is 6.20 Å². The number of carbonyl (C=O) groups excluding carboxylic acids is 1. The summed E-state index contributed by atoms with van der Waals surface area (Å²) in [5.74, 6) is 1.30. The number of aryl methyl sites for hydroxylation is 1. The number of hydrogen-bond acceptors (Lipinski definition) is 5. The number of oxazole rings is 1. The largest absolute Gasteiger partial charge is 0.444 e. The number of piperidine rings is 1. The number of aromatic nitrogens is 1. The molecule has 0 unspecified atom stereocenters. The minimum absolute atomic E-state index is 0.00123. The van der Waals surface area contributed by atoms with Crippen LogP contribution in [0, 0.1) is 6.92 Å². The second-order valence-electron chi connectivity index (χ2n) is 4.75. The van der Waals surface area contributed by atoms with Crippen LogP contribution in [0.15, 0.2) is 10.6 Å². The van der Waals surface area contributed by atoms with Crippen LogP contribution < -0.4 is 11.1 Å². The number of nitrogens with two attached hydrogens (primary N) is 1. The zero-order chi connectivity index (χ0) is 13.0. The summed E-state index contributed by atoms with van der Waals surface area (Å²) < 4.78 is 5.28. The molecule has 0 aliphatic carbocycles. The van der Waals surface area contributed by atoms with Gasteiger partial charge in [-0.2, -0.15) is 0 Å². The van der Waals surface area contributed by atoms with Gasteiger partial charge in [0, 0.05) is 19.1 Å². The first-order valence-corrected chi connectivity index (χ1v) is 6.29. The molecule has 2 heterocycles. The van der Waals surface area contributed by atoms with Gasteiger partial charge in [-0.25, -0.2) is 4.98 Å². The van der Waals surface area contributed by atoms with Crippen LogP contribution >= 0.6 is 0 Å². The fraction of sp³-hybridized carbons (Fsp3) is 0.667. The third-order valence-corrected chi connectivity index (χ3v) is 3.11. The Morgan fingerprint density at radius 3 is 2.94 bits per heavy atom. The number of nitrogens with zero attached hydrogens (tertiary/aromatic N) is 2. The molecule has 0 aromatic carbocycles. The molecule has 100 valence electrons. The zero-order valence-electron chi connectivity index (χ0n) is 10.7. The van der Waals surface area contributed by atoms with Gasteiger partial charge in [-0.05, 0) is 19.8 Å². The number of amides is 1. The van der Waals surface area contributed by atoms with Gasteiger partial charge in [0.2, 0.25) is 11.8 Å². The lowest BCUT2D eigenvalue weighted by Crippen LogP contribution is -2.44. The molecule has 6 heteroatoms. The first-order valence-electron chi connectivity index (χ1n) is 6.29. The van der Waals surface area contributed by atoms with Crippen molar-refractivity contribution in [1.29, 1.82) is 0 Å². The molecular formula is C12H20N4O2. The minimum Gasteiger partial charge on any atom is -0.444 e. The summed E-state index contributed by atoms with van der Waals surface area (Å²) in [5, 5.41) is 2.80. The summed E-state index contributed by atoms with van der Waals surface area (Å²) in [6.07, 6.45) is 3.58. The zero-order valence-corrected chi connectivity index (χ0v) is 10.7. The summed E-state index contributed by atoms with van der Waals surface area (Å²) in [5.41, 5.74) is 5.82. The van der Waals surface area contributed by atoms with Crippen LogP contribution in [0.3, 0.4) is 0 Å². The van der Waals surface area contributed by atoms with Crippen LogP contribution in [0.5, 0.6) is 0 Å². The van der Waals surface area contributed by atoms with Crippen LogP contribution in [-0.2, 0) is 11.3 Å². The average Bonchev–Trinajstić information content (AvgIpc) is 2.76. The normalized spacial score (nSPS) is 17.9. The standard InChI is InChI=1S/C12H20N4O2/c1-9-6-15-12(18-9)7-14-11(17)8-16-4-2-10(13)3-5-16/h6,10H,2-5,7-8,13H2,1H3,(H,14,17). The molecule has 1 fully saturated rings. The van der Waals surface area contributed by atoms with Crippen molar-refractivity contribution < 1.29 is 9.21 Å². The molecule has 6 nitrogen and oxygen atoms in total. The Hall–Kier alpha value is -1.40. The minimum atomic E-state index is 0.00123. The van der Waals surface area contributed by atoms with Crippen LogP contribution in [0.4, 0.5) is 0 Å². The average molecular weight is 252 g/mol. The third kappa shape index (κ3) is 3.82. The van der Waals surface area contributed by atoms with Gasteiger partial charge in [0.25, 0.3) is 0 Å². The van der Waals surface area contributed by atoms with Crippen molar-refractivity contribution in [3.05, 3.63) is 17.8 Å². The fourth-order valence-corrected chi connectivity index (χ4v) is 2.03. The van der Waals surface area contributed by atoms with Crippen LogP contribution in [0.2, 0.25) is 0 Å². The predicted octanol–water partition coefficient (Wildman–Crippen LogP) is 0.0223. The molecule has 1 aliphatic heterocycles. The van der Waals surface area contributed by atoms with Gasteiger partial charge >= 0.3 is 0 Å². The quantitative estimate of drug-likeness (QED) is 0.789. The van der Waals surface area contributed by atoms with Crippen molar-refractivity contribution in [2.24, 2.45) is 5.73 Å². The summed E-state index contributed by atoms with van der Waals surface area (Å²) >= 11 is 0. The molecule has 1 saturated heterocycles. The molecule has 0 bridgehead atoms. The smallest absolute Gasteiger partial charge is 0.234 e. The Kier molecular flexibility index (Phi) is 4.33. The predicted molar refractivity (Wildman–Crippen MR) is 66.7 cm³/mol. The Labute approximate surface area is 107 Å². The number of rotatable bonds is 4. The van der Waals surface area contributed by atoms with E-state index < -0.39 is 0 Å². The van der Waals surface area contributed by atoms with E-state index in [0.717, 1.165) is 31.7 Å². The van der Waals surface area contributed by atoms with E-state index in [-0.39, 0.29) is 5.91 Å². The molecule has 2 rings (SSSR count). The van der Waals surface area contributed by atoms with Crippen molar-refractivity contribution in [1.82, 2.24) is 15.2 Å². The fourth-order valence-electron chi connectivity index (χ4n) is 2.03. The van der Waals surface area contributed by atoms with Crippen molar-refractivity contribution in [2.45, 2.75) is 32.4 Å². The maximum atomic E-state index is 11.7. The molecule has 0 spiro atoms. The molecule has 1 amide bonds. The van der Waals surface area contributed by atoms with Crippen LogP contribution in [-0.4, -0.2) is 41.5 Å². The highest BCUT2D eigenvalue weighted by atomic mass is 16.4. The molecule has 1 aromatic heterocycles. The molecule has 0 atom stereocenters. The van der Waals surface area contributed by atoms with Crippen molar-refractivity contribution in [3.8, 4) is 0 Å². The van der Waals surface area contributed by atoms with Gasteiger partial charge in [0.05, 0.1) is 19.3 Å². The van der Waals surface area contributed by atoms with Gasteiger partial charge in [0.1, 0.15) is 5.76 Å². The van der Waals surface area contributed by atoms with E-state index in [1.165, 1.54) is 0 Å². The van der Waals surface area contributed by atoms with Crippen molar-refractivity contribution in [2.75, 3.05) is 19.6 Å². The maximum Gasteiger partial charge on any atom is 0.234 e. The van der Waals surface area contributed by atoms with E-state index >= 15 is 0 Å². The van der Waals surface area contributed by atoms with Gasteiger partial charge in [-0.3, -0.25) is 9.69 Å². The lowest BCUT2D eigenvalue weighted by Gasteiger charge is -2.29. The monoisotopic (exact) mass is 252 g/mol. The molecule has 1 aliphatic rings. The number of hydrogen-bond donors (Lipinski definition) is 2. The molecular weight excluding hydrogens is 232 g/mol. The number of likely N-dealkylation sites (tertiary alicyclic amines) is 1. The SMILES string of the molecule is Cc1cnc(CNC(=O)CN2CCC(N)CC2)o1. The van der Waals surface area contributed by atoms with Crippen LogP contribution in [0.1, 0.15) is 24.5 Å². The lowest BCUT2D eigenvalue weighted by atomic mass is 10.1. The van der Waals surface area contributed by atoms with E-state index in [4.69, 9.17) is 10.2 Å². The molecule has 0 radical (unpaired) electrons. The van der Waals surface area contributed by atoms with Gasteiger partial charge in [-0.15, -0.1) is 0 Å². The van der Waals surface area contributed by atoms with E-state index in [0.29, 0.717) is 25.0 Å². The van der Waals surface area contributed by atoms with Gasteiger partial charge in [-0.1, -0.05) is 0 Å².